The molecule has 0 saturated heterocycles. The SMILES string of the molecule is CCn1cc(Br)cc1C(=O)N1CCCc2ccccc21. The Kier molecular flexibility index (Phi) is 3.66. The highest BCUT2D eigenvalue weighted by Gasteiger charge is 2.25. The minimum absolute atomic E-state index is 0.0877. The molecule has 0 fully saturated rings. The molecular weight excluding hydrogens is 316 g/mol. The maximum Gasteiger partial charge on any atom is 0.274 e. The summed E-state index contributed by atoms with van der Waals surface area (Å²) < 4.78 is 2.94. The van der Waals surface area contributed by atoms with Crippen LogP contribution in [0.3, 0.4) is 0 Å². The standard InChI is InChI=1S/C16H17BrN2O/c1-2-18-11-13(17)10-15(18)16(20)19-9-5-7-12-6-3-4-8-14(12)19/h3-4,6,8,10-11H,2,5,7,9H2,1H3. The minimum atomic E-state index is 0.0877. The average Bonchev–Trinajstić information content (AvgIpc) is 2.87. The molecule has 0 radical (unpaired) electrons. The zero-order valence-electron chi connectivity index (χ0n) is 11.5. The van der Waals surface area contributed by atoms with Crippen molar-refractivity contribution in [2.24, 2.45) is 0 Å². The highest BCUT2D eigenvalue weighted by atomic mass is 79.9. The third kappa shape index (κ3) is 2.29. The Morgan fingerprint density at radius 2 is 2.15 bits per heavy atom. The van der Waals surface area contributed by atoms with Crippen LogP contribution in [0.25, 0.3) is 0 Å². The van der Waals surface area contributed by atoms with E-state index in [0.29, 0.717) is 0 Å². The predicted molar refractivity (Wildman–Crippen MR) is 84.2 cm³/mol. The van der Waals surface area contributed by atoms with Gasteiger partial charge in [-0.25, -0.2) is 0 Å². The number of rotatable bonds is 2. The number of amides is 1. The lowest BCUT2D eigenvalue weighted by Gasteiger charge is -2.29. The maximum absolute atomic E-state index is 12.8. The molecule has 3 rings (SSSR count). The summed E-state index contributed by atoms with van der Waals surface area (Å²) >= 11 is 3.46. The molecule has 1 amide bonds. The van der Waals surface area contributed by atoms with Crippen molar-refractivity contribution in [2.75, 3.05) is 11.4 Å². The number of halogens is 1. The predicted octanol–water partition coefficient (Wildman–Crippen LogP) is 3.86. The van der Waals surface area contributed by atoms with Gasteiger partial charge < -0.3 is 9.47 Å². The van der Waals surface area contributed by atoms with Gasteiger partial charge in [-0.05, 0) is 53.4 Å². The summed E-state index contributed by atoms with van der Waals surface area (Å²) in [5.41, 5.74) is 3.07. The van der Waals surface area contributed by atoms with Gasteiger partial charge in [0.25, 0.3) is 5.91 Å². The number of anilines is 1. The van der Waals surface area contributed by atoms with Crippen LogP contribution in [0.1, 0.15) is 29.4 Å². The maximum atomic E-state index is 12.8. The second kappa shape index (κ2) is 5.44. The fourth-order valence-corrected chi connectivity index (χ4v) is 3.26. The number of para-hydroxylation sites is 1. The first-order valence-electron chi connectivity index (χ1n) is 6.96. The van der Waals surface area contributed by atoms with E-state index in [9.17, 15) is 4.79 Å². The summed E-state index contributed by atoms with van der Waals surface area (Å²) in [6, 6.07) is 10.1. The number of hydrogen-bond donors (Lipinski definition) is 0. The number of aromatic nitrogens is 1. The lowest BCUT2D eigenvalue weighted by molar-refractivity contribution is 0.0976. The average molecular weight is 333 g/mol. The Labute approximate surface area is 127 Å². The molecule has 2 heterocycles. The van der Waals surface area contributed by atoms with Crippen molar-refractivity contribution < 1.29 is 4.79 Å². The molecule has 104 valence electrons. The Bertz CT molecular complexity index is 648. The van der Waals surface area contributed by atoms with Crippen molar-refractivity contribution in [3.05, 3.63) is 52.3 Å². The van der Waals surface area contributed by atoms with Crippen LogP contribution >= 0.6 is 15.9 Å². The quantitative estimate of drug-likeness (QED) is 0.819. The molecule has 0 spiro atoms. The number of nitrogens with zero attached hydrogens (tertiary/aromatic N) is 2. The van der Waals surface area contributed by atoms with Gasteiger partial charge in [-0.3, -0.25) is 4.79 Å². The molecular formula is C16H17BrN2O. The van der Waals surface area contributed by atoms with Crippen LogP contribution in [-0.4, -0.2) is 17.0 Å². The molecule has 20 heavy (non-hydrogen) atoms. The van der Waals surface area contributed by atoms with Crippen LogP contribution in [-0.2, 0) is 13.0 Å². The van der Waals surface area contributed by atoms with E-state index >= 15 is 0 Å². The number of benzene rings is 1. The number of carbonyl (C=O) groups excluding carboxylic acids is 1. The Morgan fingerprint density at radius 3 is 2.95 bits per heavy atom. The normalized spacial score (nSPS) is 14.2. The van der Waals surface area contributed by atoms with Gasteiger partial charge in [0.2, 0.25) is 0 Å². The van der Waals surface area contributed by atoms with Crippen LogP contribution in [0.2, 0.25) is 0 Å². The van der Waals surface area contributed by atoms with Crippen LogP contribution in [0, 0.1) is 0 Å². The first-order chi connectivity index (χ1) is 9.70. The monoisotopic (exact) mass is 332 g/mol. The van der Waals surface area contributed by atoms with Gasteiger partial charge in [-0.1, -0.05) is 18.2 Å². The molecule has 0 bridgehead atoms. The fourth-order valence-electron chi connectivity index (χ4n) is 2.80. The Hall–Kier alpha value is -1.55. The molecule has 3 nitrogen and oxygen atoms in total. The van der Waals surface area contributed by atoms with E-state index in [1.807, 2.05) is 46.9 Å². The highest BCUT2D eigenvalue weighted by Crippen LogP contribution is 2.28. The molecule has 0 aliphatic carbocycles. The van der Waals surface area contributed by atoms with E-state index in [1.54, 1.807) is 0 Å². The fraction of sp³-hybridized carbons (Fsp3) is 0.312. The summed E-state index contributed by atoms with van der Waals surface area (Å²) in [6.07, 6.45) is 4.04. The van der Waals surface area contributed by atoms with Crippen molar-refractivity contribution in [1.82, 2.24) is 4.57 Å². The molecule has 0 atom stereocenters. The van der Waals surface area contributed by atoms with Gasteiger partial charge >= 0.3 is 0 Å². The number of fused-ring (bicyclic) bond motifs is 1. The van der Waals surface area contributed by atoms with E-state index in [2.05, 4.69) is 22.0 Å². The van der Waals surface area contributed by atoms with Crippen LogP contribution in [0.4, 0.5) is 5.69 Å². The van der Waals surface area contributed by atoms with E-state index in [0.717, 1.165) is 41.8 Å². The molecule has 2 aromatic rings. The van der Waals surface area contributed by atoms with Crippen LogP contribution < -0.4 is 4.90 Å². The number of carbonyl (C=O) groups is 1. The van der Waals surface area contributed by atoms with Gasteiger partial charge in [0.15, 0.2) is 0 Å². The first kappa shape index (κ1) is 13.4. The first-order valence-corrected chi connectivity index (χ1v) is 7.75. The third-order valence-corrected chi connectivity index (χ3v) is 4.21. The largest absolute Gasteiger partial charge is 0.343 e. The number of aryl methyl sites for hydroxylation is 2. The Morgan fingerprint density at radius 1 is 1.35 bits per heavy atom. The van der Waals surface area contributed by atoms with E-state index in [4.69, 9.17) is 0 Å². The second-order valence-electron chi connectivity index (χ2n) is 5.02. The third-order valence-electron chi connectivity index (χ3n) is 3.78. The molecule has 0 saturated carbocycles. The molecule has 4 heteroatoms. The van der Waals surface area contributed by atoms with E-state index in [1.165, 1.54) is 5.56 Å². The molecule has 1 aliphatic heterocycles. The van der Waals surface area contributed by atoms with E-state index in [-0.39, 0.29) is 5.91 Å². The molecule has 1 aliphatic rings. The summed E-state index contributed by atoms with van der Waals surface area (Å²) in [7, 11) is 0. The highest BCUT2D eigenvalue weighted by molar-refractivity contribution is 9.10. The van der Waals surface area contributed by atoms with Crippen molar-refractivity contribution in [3.63, 3.8) is 0 Å². The molecule has 1 aromatic carbocycles. The number of hydrogen-bond acceptors (Lipinski definition) is 1. The lowest BCUT2D eigenvalue weighted by atomic mass is 10.0. The summed E-state index contributed by atoms with van der Waals surface area (Å²) in [5.74, 6) is 0.0877. The van der Waals surface area contributed by atoms with Crippen molar-refractivity contribution in [1.29, 1.82) is 0 Å². The zero-order valence-corrected chi connectivity index (χ0v) is 13.1. The zero-order chi connectivity index (χ0) is 14.1. The minimum Gasteiger partial charge on any atom is -0.343 e. The topological polar surface area (TPSA) is 25.2 Å². The molecule has 0 unspecified atom stereocenters. The van der Waals surface area contributed by atoms with Gasteiger partial charge in [-0.2, -0.15) is 0 Å². The lowest BCUT2D eigenvalue weighted by Crippen LogP contribution is -2.36. The summed E-state index contributed by atoms with van der Waals surface area (Å²) in [4.78, 5) is 14.7. The Balaban J connectivity index is 1.99. The van der Waals surface area contributed by atoms with Crippen LogP contribution in [0.5, 0.6) is 0 Å². The van der Waals surface area contributed by atoms with Crippen LogP contribution in [0.15, 0.2) is 41.0 Å². The smallest absolute Gasteiger partial charge is 0.274 e. The summed E-state index contributed by atoms with van der Waals surface area (Å²) in [5, 5.41) is 0. The molecule has 1 aromatic heterocycles. The van der Waals surface area contributed by atoms with Gasteiger partial charge in [0, 0.05) is 29.4 Å². The van der Waals surface area contributed by atoms with Crippen molar-refractivity contribution in [3.8, 4) is 0 Å². The van der Waals surface area contributed by atoms with Gasteiger partial charge in [-0.15, -0.1) is 0 Å². The second-order valence-corrected chi connectivity index (χ2v) is 5.93. The van der Waals surface area contributed by atoms with Gasteiger partial charge in [0.05, 0.1) is 0 Å². The summed E-state index contributed by atoms with van der Waals surface area (Å²) in [6.45, 7) is 3.64. The van der Waals surface area contributed by atoms with Crippen molar-refractivity contribution in [2.45, 2.75) is 26.3 Å². The van der Waals surface area contributed by atoms with E-state index < -0.39 is 0 Å². The van der Waals surface area contributed by atoms with Crippen molar-refractivity contribution >= 4 is 27.5 Å². The van der Waals surface area contributed by atoms with Gasteiger partial charge in [0.1, 0.15) is 5.69 Å². The molecule has 0 N–H and O–H groups in total.